The molecule has 1 N–H and O–H groups in total. The van der Waals surface area contributed by atoms with Crippen molar-refractivity contribution >= 4 is 28.8 Å². The fraction of sp³-hybridized carbons (Fsp3) is 0.310. The second-order valence-corrected chi connectivity index (χ2v) is 9.98. The number of amides is 2. The molecule has 2 amide bonds. The summed E-state index contributed by atoms with van der Waals surface area (Å²) in [6.07, 6.45) is 0.225. The van der Waals surface area contributed by atoms with Gasteiger partial charge in [0, 0.05) is 53.1 Å². The Labute approximate surface area is 220 Å². The maximum atomic E-state index is 12.9. The van der Waals surface area contributed by atoms with Crippen LogP contribution in [0, 0.1) is 0 Å². The number of rotatable bonds is 5. The lowest BCUT2D eigenvalue weighted by Gasteiger charge is -2.38. The summed E-state index contributed by atoms with van der Waals surface area (Å²) in [7, 11) is 3.33. The predicted molar refractivity (Wildman–Crippen MR) is 146 cm³/mol. The van der Waals surface area contributed by atoms with Crippen LogP contribution >= 0.6 is 0 Å². The first-order valence-electron chi connectivity index (χ1n) is 12.9. The third-order valence-electron chi connectivity index (χ3n) is 7.77. The first-order valence-corrected chi connectivity index (χ1v) is 12.9. The standard InChI is InChI=1S/C29H30N6O3/c1-32-23-11-12-24(31-28(23)33(2)29(32)38)30-25(36)13-14-26(37)34-15-17-35(18-16-34)27-21-9-5-3-7-19(21)20-8-4-6-10-22(20)27/h3-12,27H,13-18H2,1-2H3,(H,30,31,36). The van der Waals surface area contributed by atoms with Crippen molar-refractivity contribution < 1.29 is 9.59 Å². The van der Waals surface area contributed by atoms with E-state index in [1.807, 2.05) is 4.90 Å². The van der Waals surface area contributed by atoms with Gasteiger partial charge in [-0.05, 0) is 34.4 Å². The molecule has 9 nitrogen and oxygen atoms in total. The number of carbonyl (C=O) groups excluding carboxylic acids is 2. The number of nitrogens with one attached hydrogen (secondary N) is 1. The Morgan fingerprint density at radius 3 is 2.13 bits per heavy atom. The Hall–Kier alpha value is -4.24. The number of imidazole rings is 1. The van der Waals surface area contributed by atoms with E-state index in [-0.39, 0.29) is 36.4 Å². The zero-order valence-corrected chi connectivity index (χ0v) is 21.6. The van der Waals surface area contributed by atoms with Gasteiger partial charge in [0.25, 0.3) is 0 Å². The van der Waals surface area contributed by atoms with Gasteiger partial charge in [0.15, 0.2) is 5.65 Å². The Balaban J connectivity index is 1.05. The molecule has 6 rings (SSSR count). The third-order valence-corrected chi connectivity index (χ3v) is 7.77. The summed E-state index contributed by atoms with van der Waals surface area (Å²) in [5.41, 5.74) is 6.25. The first kappa shape index (κ1) is 24.1. The van der Waals surface area contributed by atoms with E-state index < -0.39 is 0 Å². The van der Waals surface area contributed by atoms with Crippen molar-refractivity contribution in [3.05, 3.63) is 82.3 Å². The van der Waals surface area contributed by atoms with E-state index in [9.17, 15) is 14.4 Å². The van der Waals surface area contributed by atoms with Crippen LogP contribution in [0.3, 0.4) is 0 Å². The minimum Gasteiger partial charge on any atom is -0.340 e. The van der Waals surface area contributed by atoms with Crippen molar-refractivity contribution in [3.63, 3.8) is 0 Å². The number of anilines is 1. The minimum atomic E-state index is -0.274. The first-order chi connectivity index (χ1) is 18.4. The SMILES string of the molecule is Cn1c(=O)n(C)c2nc(NC(=O)CCC(=O)N3CCN(C4c5ccccc5-c5ccccc54)CC3)ccc21. The van der Waals surface area contributed by atoms with E-state index in [0.29, 0.717) is 30.1 Å². The van der Waals surface area contributed by atoms with Gasteiger partial charge in [-0.3, -0.25) is 23.6 Å². The lowest BCUT2D eigenvalue weighted by molar-refractivity contribution is -0.134. The van der Waals surface area contributed by atoms with Crippen LogP contribution in [-0.2, 0) is 23.7 Å². The second kappa shape index (κ2) is 9.57. The zero-order chi connectivity index (χ0) is 26.4. The summed E-state index contributed by atoms with van der Waals surface area (Å²) in [6.45, 7) is 2.85. The summed E-state index contributed by atoms with van der Waals surface area (Å²) in [5, 5.41) is 2.76. The summed E-state index contributed by atoms with van der Waals surface area (Å²) in [5.74, 6) is 0.0757. The number of pyridine rings is 1. The van der Waals surface area contributed by atoms with Crippen LogP contribution in [0.15, 0.2) is 65.5 Å². The molecule has 38 heavy (non-hydrogen) atoms. The van der Waals surface area contributed by atoms with Gasteiger partial charge in [-0.2, -0.15) is 0 Å². The van der Waals surface area contributed by atoms with Crippen LogP contribution in [0.2, 0.25) is 0 Å². The molecule has 0 atom stereocenters. The zero-order valence-electron chi connectivity index (χ0n) is 21.6. The average Bonchev–Trinajstić information content (AvgIpc) is 3.39. The van der Waals surface area contributed by atoms with Crippen LogP contribution in [0.25, 0.3) is 22.3 Å². The van der Waals surface area contributed by atoms with Gasteiger partial charge < -0.3 is 10.2 Å². The van der Waals surface area contributed by atoms with Crippen molar-refractivity contribution in [2.24, 2.45) is 14.1 Å². The van der Waals surface area contributed by atoms with E-state index in [4.69, 9.17) is 0 Å². The Bertz CT molecular complexity index is 1570. The fourth-order valence-electron chi connectivity index (χ4n) is 5.77. The molecule has 0 bridgehead atoms. The van der Waals surface area contributed by atoms with E-state index in [0.717, 1.165) is 13.1 Å². The van der Waals surface area contributed by atoms with Crippen molar-refractivity contribution in [3.8, 4) is 11.1 Å². The average molecular weight is 511 g/mol. The molecule has 1 fully saturated rings. The Morgan fingerprint density at radius 2 is 1.47 bits per heavy atom. The highest BCUT2D eigenvalue weighted by Crippen LogP contribution is 2.46. The molecule has 1 aliphatic carbocycles. The fourth-order valence-corrected chi connectivity index (χ4v) is 5.77. The number of hydrogen-bond donors (Lipinski definition) is 1. The molecular formula is C29H30N6O3. The molecular weight excluding hydrogens is 480 g/mol. The van der Waals surface area contributed by atoms with Crippen molar-refractivity contribution in [2.75, 3.05) is 31.5 Å². The summed E-state index contributed by atoms with van der Waals surface area (Å²) in [4.78, 5) is 46.3. The maximum Gasteiger partial charge on any atom is 0.329 e. The number of piperazine rings is 1. The third kappa shape index (κ3) is 4.09. The molecule has 1 aliphatic heterocycles. The topological polar surface area (TPSA) is 92.5 Å². The van der Waals surface area contributed by atoms with E-state index in [1.165, 1.54) is 31.4 Å². The molecule has 0 spiro atoms. The van der Waals surface area contributed by atoms with Gasteiger partial charge in [-0.25, -0.2) is 9.78 Å². The highest BCUT2D eigenvalue weighted by molar-refractivity contribution is 5.93. The van der Waals surface area contributed by atoms with Gasteiger partial charge >= 0.3 is 5.69 Å². The number of hydrogen-bond acceptors (Lipinski definition) is 5. The van der Waals surface area contributed by atoms with E-state index in [1.54, 1.807) is 26.2 Å². The van der Waals surface area contributed by atoms with Gasteiger partial charge in [0.1, 0.15) is 5.82 Å². The smallest absolute Gasteiger partial charge is 0.329 e. The monoisotopic (exact) mass is 510 g/mol. The summed E-state index contributed by atoms with van der Waals surface area (Å²) in [6, 6.07) is 20.8. The quantitative estimate of drug-likeness (QED) is 0.446. The Kier molecular flexibility index (Phi) is 6.07. The number of benzene rings is 2. The summed E-state index contributed by atoms with van der Waals surface area (Å²) < 4.78 is 2.95. The normalized spacial score (nSPS) is 15.5. The van der Waals surface area contributed by atoms with Gasteiger partial charge in [0.05, 0.1) is 11.6 Å². The van der Waals surface area contributed by atoms with E-state index in [2.05, 4.69) is 63.7 Å². The second-order valence-electron chi connectivity index (χ2n) is 9.98. The van der Waals surface area contributed by atoms with Crippen molar-refractivity contribution in [1.29, 1.82) is 0 Å². The number of aryl methyl sites for hydroxylation is 2. The molecule has 1 saturated heterocycles. The number of fused-ring (bicyclic) bond motifs is 4. The van der Waals surface area contributed by atoms with Crippen molar-refractivity contribution in [2.45, 2.75) is 18.9 Å². The molecule has 0 unspecified atom stereocenters. The van der Waals surface area contributed by atoms with Gasteiger partial charge in [-0.15, -0.1) is 0 Å². The molecule has 194 valence electrons. The van der Waals surface area contributed by atoms with Crippen LogP contribution in [0.5, 0.6) is 0 Å². The lowest BCUT2D eigenvalue weighted by Crippen LogP contribution is -2.49. The van der Waals surface area contributed by atoms with Crippen LogP contribution in [0.1, 0.15) is 30.0 Å². The molecule has 3 heterocycles. The number of nitrogens with zero attached hydrogens (tertiary/aromatic N) is 5. The maximum absolute atomic E-state index is 12.9. The van der Waals surface area contributed by atoms with Gasteiger partial charge in [-0.1, -0.05) is 48.5 Å². The molecule has 2 aliphatic rings. The molecule has 9 heteroatoms. The molecule has 0 radical (unpaired) electrons. The summed E-state index contributed by atoms with van der Waals surface area (Å²) >= 11 is 0. The number of carbonyl (C=O) groups is 2. The van der Waals surface area contributed by atoms with E-state index >= 15 is 0 Å². The molecule has 0 saturated carbocycles. The predicted octanol–water partition coefficient (Wildman–Crippen LogP) is 2.90. The molecule has 4 aromatic rings. The lowest BCUT2D eigenvalue weighted by atomic mass is 10.0. The van der Waals surface area contributed by atoms with Crippen LogP contribution < -0.4 is 11.0 Å². The Morgan fingerprint density at radius 1 is 0.842 bits per heavy atom. The van der Waals surface area contributed by atoms with Crippen molar-refractivity contribution in [1.82, 2.24) is 23.9 Å². The van der Waals surface area contributed by atoms with Gasteiger partial charge in [0.2, 0.25) is 11.8 Å². The van der Waals surface area contributed by atoms with Crippen LogP contribution in [0.4, 0.5) is 5.82 Å². The molecule has 2 aromatic carbocycles. The highest BCUT2D eigenvalue weighted by atomic mass is 16.2. The number of aromatic nitrogens is 3. The minimum absolute atomic E-state index is 0.0131. The highest BCUT2D eigenvalue weighted by Gasteiger charge is 2.34. The molecule has 2 aromatic heterocycles. The van der Waals surface area contributed by atoms with Crippen LogP contribution in [-0.4, -0.2) is 61.9 Å². The largest absolute Gasteiger partial charge is 0.340 e.